The lowest BCUT2D eigenvalue weighted by molar-refractivity contribution is 0.982. The van der Waals surface area contributed by atoms with E-state index in [1.807, 2.05) is 0 Å². The van der Waals surface area contributed by atoms with Gasteiger partial charge in [0.2, 0.25) is 0 Å². The Bertz CT molecular complexity index is 80.3. The van der Waals surface area contributed by atoms with Crippen LogP contribution in [0.4, 0.5) is 0 Å². The SMILES string of the molecule is CCCC#CCN.Cl. The van der Waals surface area contributed by atoms with Crippen LogP contribution in [-0.2, 0) is 0 Å². The third-order valence-corrected chi connectivity index (χ3v) is 0.602. The molecule has 0 saturated carbocycles. The Labute approximate surface area is 57.1 Å². The van der Waals surface area contributed by atoms with E-state index in [0.717, 1.165) is 12.8 Å². The molecule has 0 aromatic carbocycles. The smallest absolute Gasteiger partial charge is 0.0551 e. The van der Waals surface area contributed by atoms with Gasteiger partial charge in [0, 0.05) is 6.42 Å². The van der Waals surface area contributed by atoms with Gasteiger partial charge in [0.25, 0.3) is 0 Å². The van der Waals surface area contributed by atoms with Crippen molar-refractivity contribution >= 4 is 12.4 Å². The van der Waals surface area contributed by atoms with Crippen LogP contribution in [0.15, 0.2) is 0 Å². The van der Waals surface area contributed by atoms with Crippen LogP contribution in [0.2, 0.25) is 0 Å². The Kier molecular flexibility index (Phi) is 13.3. The monoisotopic (exact) mass is 133 g/mol. The van der Waals surface area contributed by atoms with E-state index in [-0.39, 0.29) is 12.4 Å². The third kappa shape index (κ3) is 9.26. The minimum absolute atomic E-state index is 0. The highest BCUT2D eigenvalue weighted by Crippen LogP contribution is 1.79. The zero-order valence-corrected chi connectivity index (χ0v) is 5.92. The van der Waals surface area contributed by atoms with Gasteiger partial charge >= 0.3 is 0 Å². The normalized spacial score (nSPS) is 6.25. The summed E-state index contributed by atoms with van der Waals surface area (Å²) < 4.78 is 0. The van der Waals surface area contributed by atoms with E-state index in [0.29, 0.717) is 6.54 Å². The van der Waals surface area contributed by atoms with Gasteiger partial charge in [-0.3, -0.25) is 0 Å². The van der Waals surface area contributed by atoms with Gasteiger partial charge in [0.1, 0.15) is 0 Å². The predicted octanol–water partition coefficient (Wildman–Crippen LogP) is 1.17. The number of nitrogens with two attached hydrogens (primary N) is 1. The van der Waals surface area contributed by atoms with Crippen LogP contribution in [0.1, 0.15) is 19.8 Å². The van der Waals surface area contributed by atoms with Crippen molar-refractivity contribution < 1.29 is 0 Å². The molecule has 2 heteroatoms. The van der Waals surface area contributed by atoms with Crippen LogP contribution < -0.4 is 5.73 Å². The molecule has 0 unspecified atom stereocenters. The second-order valence-electron chi connectivity index (χ2n) is 1.31. The molecule has 0 aliphatic carbocycles. The molecule has 0 saturated heterocycles. The van der Waals surface area contributed by atoms with Crippen molar-refractivity contribution in [3.8, 4) is 11.8 Å². The van der Waals surface area contributed by atoms with Crippen molar-refractivity contribution in [1.82, 2.24) is 0 Å². The van der Waals surface area contributed by atoms with E-state index in [1.54, 1.807) is 0 Å². The minimum atomic E-state index is 0. The van der Waals surface area contributed by atoms with Gasteiger partial charge in [-0.05, 0) is 6.42 Å². The van der Waals surface area contributed by atoms with Gasteiger partial charge in [-0.2, -0.15) is 0 Å². The molecule has 0 atom stereocenters. The summed E-state index contributed by atoms with van der Waals surface area (Å²) in [6, 6.07) is 0. The van der Waals surface area contributed by atoms with Gasteiger partial charge in [0.15, 0.2) is 0 Å². The molecule has 0 bridgehead atoms. The number of rotatable bonds is 1. The van der Waals surface area contributed by atoms with Crippen LogP contribution in [0.3, 0.4) is 0 Å². The summed E-state index contributed by atoms with van der Waals surface area (Å²) in [5.41, 5.74) is 5.10. The fourth-order valence-corrected chi connectivity index (χ4v) is 0.286. The van der Waals surface area contributed by atoms with Crippen LogP contribution in [0, 0.1) is 11.8 Å². The summed E-state index contributed by atoms with van der Waals surface area (Å²) in [5.74, 6) is 5.69. The topological polar surface area (TPSA) is 26.0 Å². The molecule has 0 aromatic heterocycles. The lowest BCUT2D eigenvalue weighted by Gasteiger charge is -1.74. The molecule has 0 aliphatic heterocycles. The maximum atomic E-state index is 5.10. The van der Waals surface area contributed by atoms with Crippen LogP contribution in [-0.4, -0.2) is 6.54 Å². The second kappa shape index (κ2) is 9.94. The van der Waals surface area contributed by atoms with Crippen LogP contribution >= 0.6 is 12.4 Å². The van der Waals surface area contributed by atoms with E-state index in [4.69, 9.17) is 5.73 Å². The van der Waals surface area contributed by atoms with Crippen molar-refractivity contribution in [3.63, 3.8) is 0 Å². The molecule has 8 heavy (non-hydrogen) atoms. The first kappa shape index (κ1) is 10.7. The van der Waals surface area contributed by atoms with Crippen molar-refractivity contribution in [2.24, 2.45) is 5.73 Å². The molecule has 0 radical (unpaired) electrons. The highest BCUT2D eigenvalue weighted by atomic mass is 35.5. The molecule has 0 heterocycles. The quantitative estimate of drug-likeness (QED) is 0.534. The Morgan fingerprint density at radius 3 is 2.38 bits per heavy atom. The second-order valence-corrected chi connectivity index (χ2v) is 1.31. The lowest BCUT2D eigenvalue weighted by Crippen LogP contribution is -1.92. The van der Waals surface area contributed by atoms with E-state index < -0.39 is 0 Å². The van der Waals surface area contributed by atoms with Crippen LogP contribution in [0.25, 0.3) is 0 Å². The molecule has 0 aromatic rings. The Morgan fingerprint density at radius 2 is 2.00 bits per heavy atom. The summed E-state index contributed by atoms with van der Waals surface area (Å²) in [6.07, 6.45) is 2.12. The first-order valence-electron chi connectivity index (χ1n) is 2.57. The first-order chi connectivity index (χ1) is 3.41. The third-order valence-electron chi connectivity index (χ3n) is 0.602. The minimum Gasteiger partial charge on any atom is -0.320 e. The molecular weight excluding hydrogens is 122 g/mol. The molecule has 48 valence electrons. The van der Waals surface area contributed by atoms with Crippen molar-refractivity contribution in [2.45, 2.75) is 19.8 Å². The Morgan fingerprint density at radius 1 is 1.38 bits per heavy atom. The van der Waals surface area contributed by atoms with Crippen molar-refractivity contribution in [3.05, 3.63) is 0 Å². The fraction of sp³-hybridized carbons (Fsp3) is 0.667. The number of hydrogen-bond acceptors (Lipinski definition) is 1. The largest absolute Gasteiger partial charge is 0.320 e. The van der Waals surface area contributed by atoms with Crippen molar-refractivity contribution in [1.29, 1.82) is 0 Å². The Balaban J connectivity index is 0. The molecule has 0 fully saturated rings. The summed E-state index contributed by atoms with van der Waals surface area (Å²) >= 11 is 0. The highest BCUT2D eigenvalue weighted by molar-refractivity contribution is 5.85. The van der Waals surface area contributed by atoms with E-state index in [9.17, 15) is 0 Å². The maximum Gasteiger partial charge on any atom is 0.0551 e. The molecule has 1 nitrogen and oxygen atoms in total. The van der Waals surface area contributed by atoms with Crippen molar-refractivity contribution in [2.75, 3.05) is 6.54 Å². The average Bonchev–Trinajstić information content (AvgIpc) is 1.69. The number of hydrogen-bond donors (Lipinski definition) is 1. The van der Waals surface area contributed by atoms with Crippen LogP contribution in [0.5, 0.6) is 0 Å². The highest BCUT2D eigenvalue weighted by Gasteiger charge is 1.65. The van der Waals surface area contributed by atoms with E-state index >= 15 is 0 Å². The Hall–Kier alpha value is -0.190. The van der Waals surface area contributed by atoms with Gasteiger partial charge in [-0.25, -0.2) is 0 Å². The number of unbranched alkanes of at least 4 members (excludes halogenated alkanes) is 1. The summed E-state index contributed by atoms with van der Waals surface area (Å²) in [5, 5.41) is 0. The molecule has 0 amide bonds. The molecule has 2 N–H and O–H groups in total. The predicted molar refractivity (Wildman–Crippen MR) is 39.0 cm³/mol. The fourth-order valence-electron chi connectivity index (χ4n) is 0.286. The standard InChI is InChI=1S/C6H11N.ClH/c1-2-3-4-5-6-7;/h2-3,6-7H2,1H3;1H. The first-order valence-corrected chi connectivity index (χ1v) is 2.57. The van der Waals surface area contributed by atoms with Gasteiger partial charge in [0.05, 0.1) is 6.54 Å². The molecule has 0 spiro atoms. The summed E-state index contributed by atoms with van der Waals surface area (Å²) in [6.45, 7) is 2.60. The molecule has 0 aliphatic rings. The van der Waals surface area contributed by atoms with E-state index in [2.05, 4.69) is 18.8 Å². The zero-order chi connectivity index (χ0) is 5.54. The maximum absolute atomic E-state index is 5.10. The van der Waals surface area contributed by atoms with Gasteiger partial charge in [-0.15, -0.1) is 18.3 Å². The molecular formula is C6H12ClN. The van der Waals surface area contributed by atoms with Gasteiger partial charge < -0.3 is 5.73 Å². The van der Waals surface area contributed by atoms with Gasteiger partial charge in [-0.1, -0.05) is 12.8 Å². The summed E-state index contributed by atoms with van der Waals surface area (Å²) in [4.78, 5) is 0. The lowest BCUT2D eigenvalue weighted by atomic mass is 10.3. The summed E-state index contributed by atoms with van der Waals surface area (Å²) in [7, 11) is 0. The van der Waals surface area contributed by atoms with E-state index in [1.165, 1.54) is 0 Å². The molecule has 0 rings (SSSR count). The zero-order valence-electron chi connectivity index (χ0n) is 5.11. The average molecular weight is 134 g/mol. The number of halogens is 1.